The maximum absolute atomic E-state index is 6.60. The molecule has 0 aromatic heterocycles. The van der Waals surface area contributed by atoms with E-state index in [2.05, 4.69) is 44.2 Å². The van der Waals surface area contributed by atoms with E-state index < -0.39 is 0 Å². The van der Waals surface area contributed by atoms with Gasteiger partial charge in [0.15, 0.2) is 0 Å². The molecule has 19 heavy (non-hydrogen) atoms. The Morgan fingerprint density at radius 2 is 1.79 bits per heavy atom. The SMILES string of the molecule is CCc1ccc(C(Cl)c2cc(C)ccc2OC)cc1. The zero-order valence-electron chi connectivity index (χ0n) is 11.6. The highest BCUT2D eigenvalue weighted by Crippen LogP contribution is 2.35. The molecule has 2 aromatic rings. The summed E-state index contributed by atoms with van der Waals surface area (Å²) in [5.41, 5.74) is 4.63. The molecule has 1 atom stereocenters. The van der Waals surface area contributed by atoms with Crippen molar-refractivity contribution in [1.82, 2.24) is 0 Å². The van der Waals surface area contributed by atoms with Crippen LogP contribution in [0.3, 0.4) is 0 Å². The topological polar surface area (TPSA) is 9.23 Å². The number of hydrogen-bond donors (Lipinski definition) is 0. The summed E-state index contributed by atoms with van der Waals surface area (Å²) in [5.74, 6) is 0.838. The van der Waals surface area contributed by atoms with Crippen molar-refractivity contribution in [3.05, 3.63) is 64.7 Å². The van der Waals surface area contributed by atoms with Crippen molar-refractivity contribution in [3.63, 3.8) is 0 Å². The van der Waals surface area contributed by atoms with Gasteiger partial charge < -0.3 is 4.74 Å². The Kier molecular flexibility index (Phi) is 4.49. The molecule has 0 radical (unpaired) electrons. The van der Waals surface area contributed by atoms with Gasteiger partial charge in [-0.2, -0.15) is 0 Å². The predicted octanol–water partition coefficient (Wildman–Crippen LogP) is 4.89. The number of ether oxygens (including phenoxy) is 1. The molecule has 0 saturated carbocycles. The Morgan fingerprint density at radius 1 is 1.11 bits per heavy atom. The number of aryl methyl sites for hydroxylation is 2. The second-order valence-corrected chi connectivity index (χ2v) is 5.14. The normalized spacial score (nSPS) is 12.2. The number of halogens is 1. The number of alkyl halides is 1. The fraction of sp³-hybridized carbons (Fsp3) is 0.294. The number of methoxy groups -OCH3 is 1. The van der Waals surface area contributed by atoms with E-state index in [9.17, 15) is 0 Å². The molecule has 2 rings (SSSR count). The summed E-state index contributed by atoms with van der Waals surface area (Å²) in [5, 5.41) is -0.180. The molecule has 0 spiro atoms. The molecule has 0 N–H and O–H groups in total. The van der Waals surface area contributed by atoms with Gasteiger partial charge in [0.1, 0.15) is 5.75 Å². The van der Waals surface area contributed by atoms with Crippen molar-refractivity contribution in [2.75, 3.05) is 7.11 Å². The Hall–Kier alpha value is -1.47. The lowest BCUT2D eigenvalue weighted by Gasteiger charge is -2.15. The van der Waals surface area contributed by atoms with Crippen molar-refractivity contribution in [2.24, 2.45) is 0 Å². The number of rotatable bonds is 4. The molecule has 0 amide bonds. The van der Waals surface area contributed by atoms with Crippen LogP contribution in [0.2, 0.25) is 0 Å². The molecular formula is C17H19ClO. The first kappa shape index (κ1) is 14.0. The average Bonchev–Trinajstić information content (AvgIpc) is 2.46. The van der Waals surface area contributed by atoms with Crippen LogP contribution in [0.5, 0.6) is 5.75 Å². The van der Waals surface area contributed by atoms with Gasteiger partial charge in [0.05, 0.1) is 12.5 Å². The molecule has 0 saturated heterocycles. The first-order valence-corrected chi connectivity index (χ1v) is 6.96. The van der Waals surface area contributed by atoms with Gasteiger partial charge in [0.25, 0.3) is 0 Å². The molecule has 0 aliphatic carbocycles. The quantitative estimate of drug-likeness (QED) is 0.721. The van der Waals surface area contributed by atoms with E-state index in [1.54, 1.807) is 7.11 Å². The van der Waals surface area contributed by atoms with E-state index in [0.717, 1.165) is 23.3 Å². The monoisotopic (exact) mass is 274 g/mol. The standard InChI is InChI=1S/C17H19ClO/c1-4-13-6-8-14(9-7-13)17(18)15-11-12(2)5-10-16(15)19-3/h5-11,17H,4H2,1-3H3. The van der Waals surface area contributed by atoms with E-state index >= 15 is 0 Å². The van der Waals surface area contributed by atoms with Crippen LogP contribution >= 0.6 is 11.6 Å². The summed E-state index contributed by atoms with van der Waals surface area (Å²) in [6, 6.07) is 14.5. The van der Waals surface area contributed by atoms with E-state index in [0.29, 0.717) is 0 Å². The molecular weight excluding hydrogens is 256 g/mol. The third kappa shape index (κ3) is 3.10. The van der Waals surface area contributed by atoms with Crippen LogP contribution in [-0.2, 0) is 6.42 Å². The third-order valence-corrected chi connectivity index (χ3v) is 3.83. The fourth-order valence-electron chi connectivity index (χ4n) is 2.15. The minimum atomic E-state index is -0.180. The first-order chi connectivity index (χ1) is 9.15. The molecule has 0 aliphatic heterocycles. The summed E-state index contributed by atoms with van der Waals surface area (Å²) in [7, 11) is 1.68. The van der Waals surface area contributed by atoms with Gasteiger partial charge in [0.2, 0.25) is 0 Å². The minimum absolute atomic E-state index is 0.180. The maximum atomic E-state index is 6.60. The molecule has 0 aliphatic rings. The molecule has 2 aromatic carbocycles. The van der Waals surface area contributed by atoms with Crippen LogP contribution in [0, 0.1) is 6.92 Å². The minimum Gasteiger partial charge on any atom is -0.496 e. The van der Waals surface area contributed by atoms with Crippen LogP contribution in [0.4, 0.5) is 0 Å². The molecule has 0 heterocycles. The van der Waals surface area contributed by atoms with Crippen LogP contribution < -0.4 is 4.74 Å². The lowest BCUT2D eigenvalue weighted by atomic mass is 10.00. The summed E-state index contributed by atoms with van der Waals surface area (Å²) >= 11 is 6.60. The maximum Gasteiger partial charge on any atom is 0.123 e. The molecule has 100 valence electrons. The van der Waals surface area contributed by atoms with Crippen molar-refractivity contribution >= 4 is 11.6 Å². The van der Waals surface area contributed by atoms with E-state index in [1.165, 1.54) is 11.1 Å². The second-order valence-electron chi connectivity index (χ2n) is 4.70. The third-order valence-electron chi connectivity index (χ3n) is 3.34. The highest BCUT2D eigenvalue weighted by molar-refractivity contribution is 6.22. The van der Waals surface area contributed by atoms with Crippen LogP contribution in [-0.4, -0.2) is 7.11 Å². The highest BCUT2D eigenvalue weighted by Gasteiger charge is 2.15. The summed E-state index contributed by atoms with van der Waals surface area (Å²) in [4.78, 5) is 0. The average molecular weight is 275 g/mol. The van der Waals surface area contributed by atoms with Gasteiger partial charge in [-0.3, -0.25) is 0 Å². The van der Waals surface area contributed by atoms with E-state index in [4.69, 9.17) is 16.3 Å². The second kappa shape index (κ2) is 6.12. The van der Waals surface area contributed by atoms with Crippen molar-refractivity contribution in [2.45, 2.75) is 25.6 Å². The van der Waals surface area contributed by atoms with Crippen molar-refractivity contribution in [1.29, 1.82) is 0 Å². The predicted molar refractivity (Wildman–Crippen MR) is 81.2 cm³/mol. The Balaban J connectivity index is 2.36. The van der Waals surface area contributed by atoms with Gasteiger partial charge >= 0.3 is 0 Å². The zero-order valence-corrected chi connectivity index (χ0v) is 12.4. The van der Waals surface area contributed by atoms with Gasteiger partial charge in [-0.05, 0) is 30.5 Å². The van der Waals surface area contributed by atoms with Crippen LogP contribution in [0.25, 0.3) is 0 Å². The van der Waals surface area contributed by atoms with Crippen molar-refractivity contribution in [3.8, 4) is 5.75 Å². The Bertz CT molecular complexity index is 546. The smallest absolute Gasteiger partial charge is 0.123 e. The summed E-state index contributed by atoms with van der Waals surface area (Å²) < 4.78 is 5.40. The number of hydrogen-bond acceptors (Lipinski definition) is 1. The largest absolute Gasteiger partial charge is 0.496 e. The molecule has 1 nitrogen and oxygen atoms in total. The zero-order chi connectivity index (χ0) is 13.8. The molecule has 0 bridgehead atoms. The summed E-state index contributed by atoms with van der Waals surface area (Å²) in [6.07, 6.45) is 1.04. The Morgan fingerprint density at radius 3 is 2.37 bits per heavy atom. The van der Waals surface area contributed by atoms with Crippen molar-refractivity contribution < 1.29 is 4.74 Å². The summed E-state index contributed by atoms with van der Waals surface area (Å²) in [6.45, 7) is 4.21. The number of benzene rings is 2. The molecule has 2 heteroatoms. The molecule has 0 fully saturated rings. The lowest BCUT2D eigenvalue weighted by molar-refractivity contribution is 0.410. The van der Waals surface area contributed by atoms with Gasteiger partial charge in [-0.15, -0.1) is 11.6 Å². The highest BCUT2D eigenvalue weighted by atomic mass is 35.5. The van der Waals surface area contributed by atoms with E-state index in [-0.39, 0.29) is 5.38 Å². The van der Waals surface area contributed by atoms with E-state index in [1.807, 2.05) is 12.1 Å². The van der Waals surface area contributed by atoms with Crippen LogP contribution in [0.1, 0.15) is 34.6 Å². The van der Waals surface area contributed by atoms with Gasteiger partial charge in [-0.25, -0.2) is 0 Å². The van der Waals surface area contributed by atoms with Crippen LogP contribution in [0.15, 0.2) is 42.5 Å². The first-order valence-electron chi connectivity index (χ1n) is 6.53. The van der Waals surface area contributed by atoms with Gasteiger partial charge in [-0.1, -0.05) is 48.9 Å². The lowest BCUT2D eigenvalue weighted by Crippen LogP contribution is -1.98. The molecule has 1 unspecified atom stereocenters. The Labute approximate surface area is 120 Å². The fourth-order valence-corrected chi connectivity index (χ4v) is 2.47. The van der Waals surface area contributed by atoms with Gasteiger partial charge in [0, 0.05) is 5.56 Å².